The number of ketones is 1. The summed E-state index contributed by atoms with van der Waals surface area (Å²) < 4.78 is 1.04. The van der Waals surface area contributed by atoms with Crippen molar-refractivity contribution in [3.63, 3.8) is 0 Å². The molecule has 3 heteroatoms. The van der Waals surface area contributed by atoms with Gasteiger partial charge in [0.1, 0.15) is 0 Å². The van der Waals surface area contributed by atoms with E-state index in [9.17, 15) is 4.79 Å². The fourth-order valence-electron chi connectivity index (χ4n) is 1.88. The maximum Gasteiger partial charge on any atom is 0.194 e. The van der Waals surface area contributed by atoms with Crippen molar-refractivity contribution in [2.75, 3.05) is 0 Å². The first-order chi connectivity index (χ1) is 8.50. The number of carbonyl (C=O) groups excluding carboxylic acids is 1. The van der Waals surface area contributed by atoms with Gasteiger partial charge in [-0.05, 0) is 49.2 Å². The fraction of sp³-hybridized carbons (Fsp3) is 0.133. The van der Waals surface area contributed by atoms with Crippen LogP contribution in [0, 0.1) is 13.8 Å². The van der Waals surface area contributed by atoms with E-state index in [0.717, 1.165) is 15.6 Å². The zero-order valence-electron chi connectivity index (χ0n) is 10.1. The standard InChI is InChI=1S/C15H12BrClO/c1-9-7-11(8-10(2)14(9)16)15(18)12-5-3-4-6-13(12)17/h3-8H,1-2H3. The van der Waals surface area contributed by atoms with Crippen LogP contribution in [0.1, 0.15) is 27.0 Å². The molecule has 2 aromatic rings. The molecular weight excluding hydrogens is 312 g/mol. The monoisotopic (exact) mass is 322 g/mol. The van der Waals surface area contributed by atoms with E-state index in [1.54, 1.807) is 12.1 Å². The molecule has 0 fully saturated rings. The van der Waals surface area contributed by atoms with Gasteiger partial charge in [0.25, 0.3) is 0 Å². The molecule has 0 aliphatic carbocycles. The quantitative estimate of drug-likeness (QED) is 0.715. The Hall–Kier alpha value is -1.12. The van der Waals surface area contributed by atoms with Gasteiger partial charge in [-0.2, -0.15) is 0 Å². The van der Waals surface area contributed by atoms with E-state index in [2.05, 4.69) is 15.9 Å². The van der Waals surface area contributed by atoms with Gasteiger partial charge < -0.3 is 0 Å². The molecule has 0 aliphatic rings. The highest BCUT2D eigenvalue weighted by Gasteiger charge is 2.14. The van der Waals surface area contributed by atoms with Gasteiger partial charge >= 0.3 is 0 Å². The molecule has 0 heterocycles. The number of carbonyl (C=O) groups is 1. The Balaban J connectivity index is 2.51. The van der Waals surface area contributed by atoms with E-state index in [1.807, 2.05) is 38.1 Å². The number of rotatable bonds is 2. The second-order valence-electron chi connectivity index (χ2n) is 4.23. The summed E-state index contributed by atoms with van der Waals surface area (Å²) in [5.41, 5.74) is 3.30. The van der Waals surface area contributed by atoms with Crippen molar-refractivity contribution in [2.24, 2.45) is 0 Å². The first kappa shape index (κ1) is 13.3. The molecule has 18 heavy (non-hydrogen) atoms. The van der Waals surface area contributed by atoms with Gasteiger partial charge in [0.05, 0.1) is 5.02 Å². The number of halogens is 2. The Bertz CT molecular complexity index is 597. The van der Waals surface area contributed by atoms with Crippen LogP contribution in [-0.4, -0.2) is 5.78 Å². The Morgan fingerprint density at radius 2 is 1.67 bits per heavy atom. The number of aryl methyl sites for hydroxylation is 2. The topological polar surface area (TPSA) is 17.1 Å². The van der Waals surface area contributed by atoms with Gasteiger partial charge in [0.2, 0.25) is 0 Å². The van der Waals surface area contributed by atoms with Crippen LogP contribution in [0.5, 0.6) is 0 Å². The van der Waals surface area contributed by atoms with Crippen LogP contribution in [-0.2, 0) is 0 Å². The summed E-state index contributed by atoms with van der Waals surface area (Å²) in [5.74, 6) is -0.0423. The van der Waals surface area contributed by atoms with Crippen LogP contribution >= 0.6 is 27.5 Å². The molecule has 0 aliphatic heterocycles. The summed E-state index contributed by atoms with van der Waals surface area (Å²) in [7, 11) is 0. The molecule has 0 spiro atoms. The Labute approximate surface area is 120 Å². The third kappa shape index (κ3) is 2.50. The summed E-state index contributed by atoms with van der Waals surface area (Å²) in [6, 6.07) is 10.9. The average Bonchev–Trinajstić information content (AvgIpc) is 2.35. The summed E-state index contributed by atoms with van der Waals surface area (Å²) in [4.78, 5) is 12.4. The number of benzene rings is 2. The lowest BCUT2D eigenvalue weighted by Gasteiger charge is -2.08. The molecule has 0 atom stereocenters. The minimum Gasteiger partial charge on any atom is -0.289 e. The van der Waals surface area contributed by atoms with Gasteiger partial charge in [-0.1, -0.05) is 39.7 Å². The molecule has 2 aromatic carbocycles. The molecule has 2 rings (SSSR count). The minimum atomic E-state index is -0.0423. The molecule has 0 N–H and O–H groups in total. The molecule has 0 aromatic heterocycles. The summed E-state index contributed by atoms with van der Waals surface area (Å²) in [6.07, 6.45) is 0. The van der Waals surface area contributed by atoms with Crippen molar-refractivity contribution in [1.82, 2.24) is 0 Å². The van der Waals surface area contributed by atoms with Crippen molar-refractivity contribution in [2.45, 2.75) is 13.8 Å². The van der Waals surface area contributed by atoms with Crippen molar-refractivity contribution in [1.29, 1.82) is 0 Å². The predicted octanol–water partition coefficient (Wildman–Crippen LogP) is 4.95. The lowest BCUT2D eigenvalue weighted by Crippen LogP contribution is -2.03. The molecule has 0 saturated carbocycles. The number of hydrogen-bond acceptors (Lipinski definition) is 1. The lowest BCUT2D eigenvalue weighted by atomic mass is 9.99. The highest BCUT2D eigenvalue weighted by molar-refractivity contribution is 9.10. The smallest absolute Gasteiger partial charge is 0.194 e. The molecule has 92 valence electrons. The van der Waals surface area contributed by atoms with E-state index >= 15 is 0 Å². The fourth-order valence-corrected chi connectivity index (χ4v) is 2.33. The zero-order chi connectivity index (χ0) is 13.3. The SMILES string of the molecule is Cc1cc(C(=O)c2ccccc2Cl)cc(C)c1Br. The second kappa shape index (κ2) is 5.25. The molecule has 0 saturated heterocycles. The third-order valence-corrected chi connectivity index (χ3v) is 4.40. The van der Waals surface area contributed by atoms with Crippen LogP contribution in [0.3, 0.4) is 0 Å². The maximum atomic E-state index is 12.4. The van der Waals surface area contributed by atoms with Crippen LogP contribution < -0.4 is 0 Å². The normalized spacial score (nSPS) is 10.4. The maximum absolute atomic E-state index is 12.4. The van der Waals surface area contributed by atoms with Gasteiger partial charge in [0, 0.05) is 15.6 Å². The van der Waals surface area contributed by atoms with Gasteiger partial charge in [0.15, 0.2) is 5.78 Å². The zero-order valence-corrected chi connectivity index (χ0v) is 12.5. The average molecular weight is 324 g/mol. The van der Waals surface area contributed by atoms with Crippen LogP contribution in [0.2, 0.25) is 5.02 Å². The van der Waals surface area contributed by atoms with Gasteiger partial charge in [-0.3, -0.25) is 4.79 Å². The molecule has 0 unspecified atom stereocenters. The Kier molecular flexibility index (Phi) is 3.88. The summed E-state index contributed by atoms with van der Waals surface area (Å²) in [5, 5.41) is 0.487. The van der Waals surface area contributed by atoms with E-state index in [1.165, 1.54) is 0 Å². The lowest BCUT2D eigenvalue weighted by molar-refractivity contribution is 0.103. The second-order valence-corrected chi connectivity index (χ2v) is 5.43. The van der Waals surface area contributed by atoms with Crippen LogP contribution in [0.15, 0.2) is 40.9 Å². The van der Waals surface area contributed by atoms with Crippen LogP contribution in [0.25, 0.3) is 0 Å². The predicted molar refractivity (Wildman–Crippen MR) is 78.5 cm³/mol. The van der Waals surface area contributed by atoms with E-state index in [-0.39, 0.29) is 5.78 Å². The molecule has 1 nitrogen and oxygen atoms in total. The highest BCUT2D eigenvalue weighted by atomic mass is 79.9. The molecule has 0 radical (unpaired) electrons. The van der Waals surface area contributed by atoms with Crippen molar-refractivity contribution < 1.29 is 4.79 Å². The first-order valence-electron chi connectivity index (χ1n) is 5.56. The van der Waals surface area contributed by atoms with E-state index in [4.69, 9.17) is 11.6 Å². The van der Waals surface area contributed by atoms with Crippen molar-refractivity contribution in [3.8, 4) is 0 Å². The molecular formula is C15H12BrClO. The van der Waals surface area contributed by atoms with Crippen molar-refractivity contribution in [3.05, 3.63) is 68.1 Å². The largest absolute Gasteiger partial charge is 0.289 e. The molecule has 0 amide bonds. The summed E-state index contributed by atoms with van der Waals surface area (Å²) in [6.45, 7) is 3.95. The molecule has 0 bridgehead atoms. The van der Waals surface area contributed by atoms with Crippen LogP contribution in [0.4, 0.5) is 0 Å². The highest BCUT2D eigenvalue weighted by Crippen LogP contribution is 2.25. The minimum absolute atomic E-state index is 0.0423. The Morgan fingerprint density at radius 1 is 1.11 bits per heavy atom. The first-order valence-corrected chi connectivity index (χ1v) is 6.74. The van der Waals surface area contributed by atoms with Gasteiger partial charge in [-0.15, -0.1) is 0 Å². The third-order valence-electron chi connectivity index (χ3n) is 2.82. The van der Waals surface area contributed by atoms with Gasteiger partial charge in [-0.25, -0.2) is 0 Å². The summed E-state index contributed by atoms with van der Waals surface area (Å²) >= 11 is 9.55. The van der Waals surface area contributed by atoms with E-state index < -0.39 is 0 Å². The number of hydrogen-bond donors (Lipinski definition) is 0. The van der Waals surface area contributed by atoms with Crippen molar-refractivity contribution >= 4 is 33.3 Å². The Morgan fingerprint density at radius 3 is 2.22 bits per heavy atom. The van der Waals surface area contributed by atoms with E-state index in [0.29, 0.717) is 16.1 Å².